The van der Waals surface area contributed by atoms with Crippen LogP contribution in [0.2, 0.25) is 5.02 Å². The highest BCUT2D eigenvalue weighted by molar-refractivity contribution is 7.92. The van der Waals surface area contributed by atoms with E-state index >= 15 is 0 Å². The zero-order chi connectivity index (χ0) is 16.4. The molecule has 0 aliphatic carbocycles. The molecule has 0 fully saturated rings. The Labute approximate surface area is 135 Å². The molecule has 0 amide bonds. The van der Waals surface area contributed by atoms with E-state index in [1.54, 1.807) is 18.3 Å². The molecule has 0 aliphatic heterocycles. The van der Waals surface area contributed by atoms with Crippen LogP contribution < -0.4 is 10.0 Å². The van der Waals surface area contributed by atoms with Crippen LogP contribution in [0.4, 0.5) is 11.5 Å². The van der Waals surface area contributed by atoms with Crippen molar-refractivity contribution in [2.24, 2.45) is 0 Å². The average Bonchev–Trinajstić information content (AvgIpc) is 2.39. The number of nitrogens with zero attached hydrogens (tertiary/aromatic N) is 1. The number of nitrogens with one attached hydrogen (secondary N) is 2. The van der Waals surface area contributed by atoms with E-state index in [1.807, 2.05) is 20.8 Å². The number of hydrogen-bond acceptors (Lipinski definition) is 4. The van der Waals surface area contributed by atoms with Crippen molar-refractivity contribution in [3.8, 4) is 0 Å². The number of halogens is 1. The van der Waals surface area contributed by atoms with Crippen LogP contribution >= 0.6 is 11.6 Å². The fraction of sp³-hybridized carbons (Fsp3) is 0.267. The van der Waals surface area contributed by atoms with Crippen LogP contribution in [0, 0.1) is 0 Å². The van der Waals surface area contributed by atoms with Gasteiger partial charge in [0.25, 0.3) is 10.0 Å². The Kier molecular flexibility index (Phi) is 4.63. The monoisotopic (exact) mass is 339 g/mol. The predicted molar refractivity (Wildman–Crippen MR) is 89.9 cm³/mol. The molecule has 2 aromatic rings. The summed E-state index contributed by atoms with van der Waals surface area (Å²) in [5.74, 6) is 0.259. The van der Waals surface area contributed by atoms with Gasteiger partial charge in [-0.2, -0.15) is 0 Å². The summed E-state index contributed by atoms with van der Waals surface area (Å²) in [6, 6.07) is 9.33. The summed E-state index contributed by atoms with van der Waals surface area (Å²) in [4.78, 5) is 4.25. The van der Waals surface area contributed by atoms with Crippen molar-refractivity contribution in [1.29, 1.82) is 0 Å². The third-order valence-electron chi connectivity index (χ3n) is 2.65. The van der Waals surface area contributed by atoms with E-state index in [0.29, 0.717) is 5.02 Å². The fourth-order valence-electron chi connectivity index (χ4n) is 1.77. The molecule has 1 heterocycles. The van der Waals surface area contributed by atoms with Crippen molar-refractivity contribution in [1.82, 2.24) is 4.98 Å². The average molecular weight is 340 g/mol. The van der Waals surface area contributed by atoms with Crippen LogP contribution in [0.15, 0.2) is 47.5 Å². The van der Waals surface area contributed by atoms with Gasteiger partial charge in [0.05, 0.1) is 16.8 Å². The van der Waals surface area contributed by atoms with Crippen LogP contribution in [-0.2, 0) is 10.0 Å². The summed E-state index contributed by atoms with van der Waals surface area (Å²) >= 11 is 5.76. The van der Waals surface area contributed by atoms with Gasteiger partial charge in [0, 0.05) is 10.6 Å². The van der Waals surface area contributed by atoms with Crippen molar-refractivity contribution in [2.45, 2.75) is 31.2 Å². The van der Waals surface area contributed by atoms with Crippen molar-refractivity contribution in [3.05, 3.63) is 47.6 Å². The van der Waals surface area contributed by atoms with Crippen LogP contribution in [0.25, 0.3) is 0 Å². The minimum atomic E-state index is -3.67. The Balaban J connectivity index is 2.14. The van der Waals surface area contributed by atoms with Crippen molar-refractivity contribution < 1.29 is 8.42 Å². The third kappa shape index (κ3) is 4.61. The standard InChI is InChI=1S/C15H18ClN3O2S/c1-15(2,3)18-12-6-9-14(17-10-12)19-22(20,21)13-7-4-11(16)5-8-13/h4-10,18H,1-3H3,(H,17,19). The molecule has 0 atom stereocenters. The minimum absolute atomic E-state index is 0.0913. The van der Waals surface area contributed by atoms with E-state index in [9.17, 15) is 8.42 Å². The van der Waals surface area contributed by atoms with Crippen LogP contribution in [0.1, 0.15) is 20.8 Å². The molecular formula is C15H18ClN3O2S. The van der Waals surface area contributed by atoms with Gasteiger partial charge in [-0.1, -0.05) is 11.6 Å². The number of rotatable bonds is 4. The number of hydrogen-bond donors (Lipinski definition) is 2. The summed E-state index contributed by atoms with van der Waals surface area (Å²) in [6.45, 7) is 6.10. The molecule has 22 heavy (non-hydrogen) atoms. The minimum Gasteiger partial charge on any atom is -0.379 e. The first-order chi connectivity index (χ1) is 10.2. The predicted octanol–water partition coefficient (Wildman–Crippen LogP) is 3.75. The first-order valence-corrected chi connectivity index (χ1v) is 8.54. The Morgan fingerprint density at radius 1 is 1.05 bits per heavy atom. The summed E-state index contributed by atoms with van der Waals surface area (Å²) in [7, 11) is -3.67. The van der Waals surface area contributed by atoms with Gasteiger partial charge in [0.1, 0.15) is 5.82 Å². The highest BCUT2D eigenvalue weighted by atomic mass is 35.5. The Morgan fingerprint density at radius 3 is 2.18 bits per heavy atom. The molecule has 2 N–H and O–H groups in total. The molecule has 0 unspecified atom stereocenters. The van der Waals surface area contributed by atoms with Gasteiger partial charge >= 0.3 is 0 Å². The van der Waals surface area contributed by atoms with Gasteiger partial charge in [-0.25, -0.2) is 13.4 Å². The summed E-state index contributed by atoms with van der Waals surface area (Å²) in [5, 5.41) is 3.74. The molecule has 2 rings (SSSR count). The first kappa shape index (κ1) is 16.6. The smallest absolute Gasteiger partial charge is 0.263 e. The van der Waals surface area contributed by atoms with Crippen LogP contribution in [0.3, 0.4) is 0 Å². The lowest BCUT2D eigenvalue weighted by Crippen LogP contribution is -2.26. The van der Waals surface area contributed by atoms with Gasteiger partial charge in [-0.05, 0) is 57.2 Å². The number of pyridine rings is 1. The van der Waals surface area contributed by atoms with Gasteiger partial charge in [0.15, 0.2) is 0 Å². The first-order valence-electron chi connectivity index (χ1n) is 6.68. The molecule has 5 nitrogen and oxygen atoms in total. The highest BCUT2D eigenvalue weighted by Gasteiger charge is 2.15. The largest absolute Gasteiger partial charge is 0.379 e. The maximum absolute atomic E-state index is 12.2. The zero-order valence-electron chi connectivity index (χ0n) is 12.6. The Bertz CT molecular complexity index is 736. The van der Waals surface area contributed by atoms with Crippen molar-refractivity contribution in [2.75, 3.05) is 10.0 Å². The van der Waals surface area contributed by atoms with E-state index in [4.69, 9.17) is 11.6 Å². The van der Waals surface area contributed by atoms with Crippen LogP contribution in [0.5, 0.6) is 0 Å². The maximum Gasteiger partial charge on any atom is 0.263 e. The second kappa shape index (κ2) is 6.14. The molecule has 0 bridgehead atoms. The molecule has 118 valence electrons. The van der Waals surface area contributed by atoms with E-state index < -0.39 is 10.0 Å². The molecule has 0 saturated carbocycles. The summed E-state index contributed by atoms with van der Waals surface area (Å²) < 4.78 is 26.9. The van der Waals surface area contributed by atoms with E-state index in [1.165, 1.54) is 24.3 Å². The number of sulfonamides is 1. The van der Waals surface area contributed by atoms with Crippen LogP contribution in [-0.4, -0.2) is 18.9 Å². The van der Waals surface area contributed by atoms with Gasteiger partial charge < -0.3 is 5.32 Å². The lowest BCUT2D eigenvalue weighted by molar-refractivity contribution is 0.601. The quantitative estimate of drug-likeness (QED) is 0.890. The topological polar surface area (TPSA) is 71.1 Å². The molecule has 0 aliphatic rings. The molecule has 1 aromatic carbocycles. The van der Waals surface area contributed by atoms with Gasteiger partial charge in [-0.15, -0.1) is 0 Å². The maximum atomic E-state index is 12.2. The van der Waals surface area contributed by atoms with E-state index in [-0.39, 0.29) is 16.3 Å². The molecule has 7 heteroatoms. The van der Waals surface area contributed by atoms with Gasteiger partial charge in [-0.3, -0.25) is 4.72 Å². The summed E-state index contributed by atoms with van der Waals surface area (Å²) in [5.41, 5.74) is 0.730. The van der Waals surface area contributed by atoms with Crippen molar-refractivity contribution in [3.63, 3.8) is 0 Å². The normalized spacial score (nSPS) is 12.0. The lowest BCUT2D eigenvalue weighted by atomic mass is 10.1. The number of anilines is 2. The highest BCUT2D eigenvalue weighted by Crippen LogP contribution is 2.19. The summed E-state index contributed by atoms with van der Waals surface area (Å²) in [6.07, 6.45) is 1.59. The van der Waals surface area contributed by atoms with E-state index in [2.05, 4.69) is 15.0 Å². The Morgan fingerprint density at radius 2 is 1.68 bits per heavy atom. The SMILES string of the molecule is CC(C)(C)Nc1ccc(NS(=O)(=O)c2ccc(Cl)cc2)nc1. The van der Waals surface area contributed by atoms with E-state index in [0.717, 1.165) is 5.69 Å². The van der Waals surface area contributed by atoms with Gasteiger partial charge in [0.2, 0.25) is 0 Å². The Hall–Kier alpha value is -1.79. The lowest BCUT2D eigenvalue weighted by Gasteiger charge is -2.21. The second-order valence-electron chi connectivity index (χ2n) is 5.87. The zero-order valence-corrected chi connectivity index (χ0v) is 14.2. The number of benzene rings is 1. The van der Waals surface area contributed by atoms with Crippen molar-refractivity contribution >= 4 is 33.1 Å². The third-order valence-corrected chi connectivity index (χ3v) is 4.27. The molecule has 1 aromatic heterocycles. The molecular weight excluding hydrogens is 322 g/mol. The fourth-order valence-corrected chi connectivity index (χ4v) is 2.91. The second-order valence-corrected chi connectivity index (χ2v) is 7.99. The number of aromatic nitrogens is 1. The molecule has 0 radical (unpaired) electrons. The molecule has 0 saturated heterocycles. The molecule has 0 spiro atoms.